The highest BCUT2D eigenvalue weighted by molar-refractivity contribution is 4.92. The van der Waals surface area contributed by atoms with Crippen LogP contribution >= 0.6 is 0 Å². The molecule has 0 aromatic carbocycles. The van der Waals surface area contributed by atoms with Gasteiger partial charge in [0.25, 0.3) is 5.56 Å². The topological polar surface area (TPSA) is 67.8 Å². The summed E-state index contributed by atoms with van der Waals surface area (Å²) >= 11 is 0. The molecule has 5 heteroatoms. The maximum absolute atomic E-state index is 11.9. The van der Waals surface area contributed by atoms with Crippen molar-refractivity contribution in [2.75, 3.05) is 0 Å². The van der Waals surface area contributed by atoms with Gasteiger partial charge in [-0.3, -0.25) is 9.36 Å². The minimum Gasteiger partial charge on any atom is -0.301 e. The van der Waals surface area contributed by atoms with Gasteiger partial charge in [0, 0.05) is 25.4 Å². The molecule has 18 heavy (non-hydrogen) atoms. The number of hydrogen-bond acceptors (Lipinski definition) is 3. The SMILES string of the molecule is CCn1ccc(=O)n(CCCC(C)(C)C#N)c1=O. The molecule has 0 unspecified atom stereocenters. The van der Waals surface area contributed by atoms with E-state index in [4.69, 9.17) is 5.26 Å². The molecule has 0 atom stereocenters. The molecule has 0 aliphatic heterocycles. The fourth-order valence-corrected chi connectivity index (χ4v) is 1.74. The van der Waals surface area contributed by atoms with Gasteiger partial charge in [-0.2, -0.15) is 5.26 Å². The number of rotatable bonds is 5. The average molecular weight is 249 g/mol. The second kappa shape index (κ2) is 5.67. The van der Waals surface area contributed by atoms with Crippen LogP contribution in [0.25, 0.3) is 0 Å². The van der Waals surface area contributed by atoms with Crippen LogP contribution < -0.4 is 11.2 Å². The number of nitriles is 1. The van der Waals surface area contributed by atoms with Gasteiger partial charge in [0.1, 0.15) is 0 Å². The zero-order valence-electron chi connectivity index (χ0n) is 11.1. The lowest BCUT2D eigenvalue weighted by Crippen LogP contribution is -2.38. The molecule has 0 spiro atoms. The quantitative estimate of drug-likeness (QED) is 0.791. The van der Waals surface area contributed by atoms with Crippen molar-refractivity contribution in [3.05, 3.63) is 33.1 Å². The van der Waals surface area contributed by atoms with Crippen LogP contribution in [0.2, 0.25) is 0 Å². The number of hydrogen-bond donors (Lipinski definition) is 0. The highest BCUT2D eigenvalue weighted by atomic mass is 16.2. The number of nitrogens with zero attached hydrogens (tertiary/aromatic N) is 3. The Labute approximate surface area is 106 Å². The third-order valence-corrected chi connectivity index (χ3v) is 2.97. The van der Waals surface area contributed by atoms with E-state index >= 15 is 0 Å². The molecule has 0 amide bonds. The van der Waals surface area contributed by atoms with Crippen LogP contribution in [-0.4, -0.2) is 9.13 Å². The molecule has 0 saturated carbocycles. The first-order valence-corrected chi connectivity index (χ1v) is 6.13. The summed E-state index contributed by atoms with van der Waals surface area (Å²) < 4.78 is 2.73. The second-order valence-electron chi connectivity index (χ2n) is 4.97. The van der Waals surface area contributed by atoms with Crippen LogP contribution in [0.4, 0.5) is 0 Å². The molecule has 1 aromatic heterocycles. The molecule has 0 bridgehead atoms. The summed E-state index contributed by atoms with van der Waals surface area (Å²) in [6.07, 6.45) is 2.82. The van der Waals surface area contributed by atoms with Crippen LogP contribution in [0.5, 0.6) is 0 Å². The third-order valence-electron chi connectivity index (χ3n) is 2.97. The molecule has 1 heterocycles. The molecule has 0 fully saturated rings. The summed E-state index contributed by atoms with van der Waals surface area (Å²) in [5.41, 5.74) is -0.971. The molecular formula is C13H19N3O2. The van der Waals surface area contributed by atoms with E-state index in [9.17, 15) is 9.59 Å². The van der Waals surface area contributed by atoms with Crippen LogP contribution in [0.1, 0.15) is 33.6 Å². The standard InChI is InChI=1S/C13H19N3O2/c1-4-15-9-6-11(17)16(12(15)18)8-5-7-13(2,3)10-14/h6,9H,4-5,7-8H2,1-3H3. The molecule has 0 saturated heterocycles. The average Bonchev–Trinajstić information content (AvgIpc) is 2.33. The van der Waals surface area contributed by atoms with Gasteiger partial charge in [0.15, 0.2) is 0 Å². The lowest BCUT2D eigenvalue weighted by molar-refractivity contribution is 0.406. The molecule has 1 aromatic rings. The lowest BCUT2D eigenvalue weighted by Gasteiger charge is -2.15. The molecule has 5 nitrogen and oxygen atoms in total. The predicted octanol–water partition coefficient (Wildman–Crippen LogP) is 1.36. The van der Waals surface area contributed by atoms with Crippen LogP contribution in [-0.2, 0) is 13.1 Å². The normalized spacial score (nSPS) is 11.2. The van der Waals surface area contributed by atoms with Gasteiger partial charge in [-0.05, 0) is 33.6 Å². The zero-order chi connectivity index (χ0) is 13.8. The zero-order valence-corrected chi connectivity index (χ0v) is 11.1. The summed E-state index contributed by atoms with van der Waals surface area (Å²) in [5.74, 6) is 0. The van der Waals surface area contributed by atoms with Gasteiger partial charge in [0.05, 0.1) is 11.5 Å². The molecule has 1 rings (SSSR count). The Morgan fingerprint density at radius 3 is 2.61 bits per heavy atom. The highest BCUT2D eigenvalue weighted by Gasteiger charge is 2.16. The van der Waals surface area contributed by atoms with Gasteiger partial charge in [-0.1, -0.05) is 0 Å². The minimum atomic E-state index is -0.415. The molecule has 0 aliphatic rings. The first-order chi connectivity index (χ1) is 8.41. The van der Waals surface area contributed by atoms with Crippen molar-refractivity contribution in [3.8, 4) is 6.07 Å². The van der Waals surface area contributed by atoms with E-state index in [0.717, 1.165) is 0 Å². The van der Waals surface area contributed by atoms with Crippen LogP contribution in [0.3, 0.4) is 0 Å². The Morgan fingerprint density at radius 1 is 1.39 bits per heavy atom. The van der Waals surface area contributed by atoms with Crippen LogP contribution in [0.15, 0.2) is 21.9 Å². The molecular weight excluding hydrogens is 230 g/mol. The third kappa shape index (κ3) is 3.33. The number of aryl methyl sites for hydroxylation is 1. The lowest BCUT2D eigenvalue weighted by atomic mass is 9.90. The van der Waals surface area contributed by atoms with E-state index in [1.165, 1.54) is 21.4 Å². The van der Waals surface area contributed by atoms with E-state index in [1.807, 2.05) is 20.8 Å². The van der Waals surface area contributed by atoms with Crippen molar-refractivity contribution in [2.24, 2.45) is 5.41 Å². The van der Waals surface area contributed by atoms with E-state index < -0.39 is 5.41 Å². The number of aromatic nitrogens is 2. The molecule has 98 valence electrons. The van der Waals surface area contributed by atoms with Crippen molar-refractivity contribution < 1.29 is 0 Å². The minimum absolute atomic E-state index is 0.278. The van der Waals surface area contributed by atoms with E-state index in [-0.39, 0.29) is 11.2 Å². The summed E-state index contributed by atoms with van der Waals surface area (Å²) in [7, 11) is 0. The summed E-state index contributed by atoms with van der Waals surface area (Å²) in [6.45, 7) is 6.47. The van der Waals surface area contributed by atoms with Gasteiger partial charge >= 0.3 is 5.69 Å². The Morgan fingerprint density at radius 2 is 2.06 bits per heavy atom. The Hall–Kier alpha value is -1.83. The van der Waals surface area contributed by atoms with Crippen molar-refractivity contribution in [2.45, 2.75) is 46.7 Å². The fourth-order valence-electron chi connectivity index (χ4n) is 1.74. The van der Waals surface area contributed by atoms with Crippen molar-refractivity contribution >= 4 is 0 Å². The van der Waals surface area contributed by atoms with Gasteiger partial charge in [-0.15, -0.1) is 0 Å². The Kier molecular flexibility index (Phi) is 4.49. The summed E-state index contributed by atoms with van der Waals surface area (Å²) in [4.78, 5) is 23.5. The van der Waals surface area contributed by atoms with Crippen LogP contribution in [0, 0.1) is 16.7 Å². The highest BCUT2D eigenvalue weighted by Crippen LogP contribution is 2.20. The first-order valence-electron chi connectivity index (χ1n) is 6.13. The molecule has 0 radical (unpaired) electrons. The van der Waals surface area contributed by atoms with E-state index in [1.54, 1.807) is 0 Å². The summed E-state index contributed by atoms with van der Waals surface area (Å²) in [6, 6.07) is 3.61. The largest absolute Gasteiger partial charge is 0.330 e. The second-order valence-corrected chi connectivity index (χ2v) is 4.97. The molecule has 0 N–H and O–H groups in total. The molecule has 0 aliphatic carbocycles. The van der Waals surface area contributed by atoms with Crippen molar-refractivity contribution in [1.82, 2.24) is 9.13 Å². The van der Waals surface area contributed by atoms with E-state index in [2.05, 4.69) is 6.07 Å². The van der Waals surface area contributed by atoms with Crippen molar-refractivity contribution in [1.29, 1.82) is 5.26 Å². The first kappa shape index (κ1) is 14.2. The predicted molar refractivity (Wildman–Crippen MR) is 69.3 cm³/mol. The maximum Gasteiger partial charge on any atom is 0.330 e. The fraction of sp³-hybridized carbons (Fsp3) is 0.615. The monoisotopic (exact) mass is 249 g/mol. The van der Waals surface area contributed by atoms with Gasteiger partial charge < -0.3 is 4.57 Å². The van der Waals surface area contributed by atoms with E-state index in [0.29, 0.717) is 25.9 Å². The van der Waals surface area contributed by atoms with Gasteiger partial charge in [-0.25, -0.2) is 4.79 Å². The van der Waals surface area contributed by atoms with Crippen molar-refractivity contribution in [3.63, 3.8) is 0 Å². The Balaban J connectivity index is 2.84. The smallest absolute Gasteiger partial charge is 0.301 e. The summed E-state index contributed by atoms with van der Waals surface area (Å²) in [5, 5.41) is 8.90. The van der Waals surface area contributed by atoms with Gasteiger partial charge in [0.2, 0.25) is 0 Å². The maximum atomic E-state index is 11.9. The Bertz CT molecular complexity index is 561.